The summed E-state index contributed by atoms with van der Waals surface area (Å²) in [6.45, 7) is 8.43. The van der Waals surface area contributed by atoms with Gasteiger partial charge in [0.05, 0.1) is 0 Å². The van der Waals surface area contributed by atoms with Gasteiger partial charge in [-0.15, -0.1) is 0 Å². The summed E-state index contributed by atoms with van der Waals surface area (Å²) in [6.07, 6.45) is 2.17. The Morgan fingerprint density at radius 2 is 2.25 bits per heavy atom. The minimum Gasteiger partial charge on any atom is -0.340 e. The van der Waals surface area contributed by atoms with Crippen molar-refractivity contribution in [1.82, 2.24) is 9.80 Å². The van der Waals surface area contributed by atoms with Crippen molar-refractivity contribution in [2.45, 2.75) is 26.3 Å². The molecule has 70 valence electrons. The molecule has 0 bridgehead atoms. The van der Waals surface area contributed by atoms with Crippen LogP contribution in [-0.4, -0.2) is 48.4 Å². The standard InChI is InChI=1S/C9H18N2O/c1-3-4-10-5-6-11(8-12)9(2)7-10/h8-9H,3-7H2,1-2H3. The zero-order chi connectivity index (χ0) is 8.97. The van der Waals surface area contributed by atoms with Crippen molar-refractivity contribution in [3.05, 3.63) is 0 Å². The third-order valence-corrected chi connectivity index (χ3v) is 2.44. The van der Waals surface area contributed by atoms with Crippen molar-refractivity contribution in [1.29, 1.82) is 0 Å². The molecule has 1 saturated heterocycles. The highest BCUT2D eigenvalue weighted by Crippen LogP contribution is 2.06. The maximum absolute atomic E-state index is 10.5. The van der Waals surface area contributed by atoms with E-state index in [9.17, 15) is 4.79 Å². The van der Waals surface area contributed by atoms with Crippen LogP contribution in [0.1, 0.15) is 20.3 Å². The Balaban J connectivity index is 2.35. The van der Waals surface area contributed by atoms with E-state index in [1.54, 1.807) is 0 Å². The van der Waals surface area contributed by atoms with Gasteiger partial charge in [0.2, 0.25) is 6.41 Å². The lowest BCUT2D eigenvalue weighted by molar-refractivity contribution is -0.122. The van der Waals surface area contributed by atoms with Crippen LogP contribution in [0.2, 0.25) is 0 Å². The van der Waals surface area contributed by atoms with Gasteiger partial charge in [-0.2, -0.15) is 0 Å². The Hall–Kier alpha value is -0.570. The largest absolute Gasteiger partial charge is 0.340 e. The number of amides is 1. The molecule has 1 unspecified atom stereocenters. The minimum atomic E-state index is 0.391. The Labute approximate surface area is 74.3 Å². The molecule has 1 aliphatic heterocycles. The summed E-state index contributed by atoms with van der Waals surface area (Å²) in [5.74, 6) is 0. The minimum absolute atomic E-state index is 0.391. The fourth-order valence-corrected chi connectivity index (χ4v) is 1.72. The molecule has 1 amide bonds. The predicted molar refractivity (Wildman–Crippen MR) is 49.0 cm³/mol. The van der Waals surface area contributed by atoms with Gasteiger partial charge >= 0.3 is 0 Å². The number of nitrogens with zero attached hydrogens (tertiary/aromatic N) is 2. The summed E-state index contributed by atoms with van der Waals surface area (Å²) in [6, 6.07) is 0.391. The molecule has 1 aliphatic rings. The number of hydrogen-bond donors (Lipinski definition) is 0. The van der Waals surface area contributed by atoms with E-state index in [0.29, 0.717) is 6.04 Å². The lowest BCUT2D eigenvalue weighted by Gasteiger charge is -2.37. The van der Waals surface area contributed by atoms with E-state index in [-0.39, 0.29) is 0 Å². The lowest BCUT2D eigenvalue weighted by Crippen LogP contribution is -2.51. The van der Waals surface area contributed by atoms with E-state index >= 15 is 0 Å². The maximum atomic E-state index is 10.5. The van der Waals surface area contributed by atoms with Crippen LogP contribution in [0.15, 0.2) is 0 Å². The van der Waals surface area contributed by atoms with E-state index in [1.807, 2.05) is 4.90 Å². The lowest BCUT2D eigenvalue weighted by atomic mass is 10.2. The Bertz CT molecular complexity index is 149. The van der Waals surface area contributed by atoms with Crippen LogP contribution in [0.25, 0.3) is 0 Å². The average Bonchev–Trinajstić information content (AvgIpc) is 2.05. The van der Waals surface area contributed by atoms with Crippen LogP contribution >= 0.6 is 0 Å². The van der Waals surface area contributed by atoms with Crippen LogP contribution in [0.3, 0.4) is 0 Å². The van der Waals surface area contributed by atoms with Crippen LogP contribution in [0.5, 0.6) is 0 Å². The van der Waals surface area contributed by atoms with E-state index in [1.165, 1.54) is 6.42 Å². The van der Waals surface area contributed by atoms with Gasteiger partial charge in [-0.3, -0.25) is 9.69 Å². The van der Waals surface area contributed by atoms with Crippen LogP contribution < -0.4 is 0 Å². The topological polar surface area (TPSA) is 23.6 Å². The zero-order valence-electron chi connectivity index (χ0n) is 7.99. The third-order valence-electron chi connectivity index (χ3n) is 2.44. The molecule has 1 rings (SSSR count). The van der Waals surface area contributed by atoms with Gasteiger partial charge < -0.3 is 4.90 Å². The molecule has 1 heterocycles. The molecular formula is C9H18N2O. The highest BCUT2D eigenvalue weighted by Gasteiger charge is 2.20. The van der Waals surface area contributed by atoms with Crippen molar-refractivity contribution < 1.29 is 4.79 Å². The summed E-state index contributed by atoms with van der Waals surface area (Å²) in [5.41, 5.74) is 0. The summed E-state index contributed by atoms with van der Waals surface area (Å²) < 4.78 is 0. The molecule has 3 heteroatoms. The molecule has 0 spiro atoms. The Morgan fingerprint density at radius 1 is 1.50 bits per heavy atom. The highest BCUT2D eigenvalue weighted by molar-refractivity contribution is 5.47. The fourth-order valence-electron chi connectivity index (χ4n) is 1.72. The van der Waals surface area contributed by atoms with E-state index in [2.05, 4.69) is 18.7 Å². The molecule has 0 saturated carbocycles. The Morgan fingerprint density at radius 3 is 2.75 bits per heavy atom. The zero-order valence-corrected chi connectivity index (χ0v) is 7.99. The molecule has 0 N–H and O–H groups in total. The summed E-state index contributed by atoms with van der Waals surface area (Å²) in [4.78, 5) is 14.8. The molecule has 1 fully saturated rings. The molecule has 1 atom stereocenters. The van der Waals surface area contributed by atoms with Crippen molar-refractivity contribution in [2.24, 2.45) is 0 Å². The number of rotatable bonds is 3. The SMILES string of the molecule is CCCN1CCN(C=O)C(C)C1. The summed E-state index contributed by atoms with van der Waals surface area (Å²) in [7, 11) is 0. The van der Waals surface area contributed by atoms with Gasteiger partial charge in [-0.1, -0.05) is 6.92 Å². The molecule has 0 aliphatic carbocycles. The number of piperazine rings is 1. The van der Waals surface area contributed by atoms with Gasteiger partial charge in [-0.05, 0) is 19.9 Å². The van der Waals surface area contributed by atoms with Crippen LogP contribution in [0, 0.1) is 0 Å². The van der Waals surface area contributed by atoms with Crippen molar-refractivity contribution in [3.63, 3.8) is 0 Å². The molecular weight excluding hydrogens is 152 g/mol. The van der Waals surface area contributed by atoms with Crippen LogP contribution in [0.4, 0.5) is 0 Å². The predicted octanol–water partition coefficient (Wildman–Crippen LogP) is 0.559. The van der Waals surface area contributed by atoms with Gasteiger partial charge in [-0.25, -0.2) is 0 Å². The monoisotopic (exact) mass is 170 g/mol. The first-order valence-electron chi connectivity index (χ1n) is 4.71. The smallest absolute Gasteiger partial charge is 0.210 e. The Kier molecular flexibility index (Phi) is 3.53. The number of carbonyl (C=O) groups excluding carboxylic acids is 1. The molecule has 0 radical (unpaired) electrons. The maximum Gasteiger partial charge on any atom is 0.210 e. The third kappa shape index (κ3) is 2.21. The quantitative estimate of drug-likeness (QED) is 0.578. The summed E-state index contributed by atoms with van der Waals surface area (Å²) in [5, 5.41) is 0. The number of hydrogen-bond acceptors (Lipinski definition) is 2. The van der Waals surface area contributed by atoms with Gasteiger partial charge in [0.25, 0.3) is 0 Å². The molecule has 3 nitrogen and oxygen atoms in total. The normalized spacial score (nSPS) is 25.8. The first kappa shape index (κ1) is 9.52. The van der Waals surface area contributed by atoms with E-state index < -0.39 is 0 Å². The average molecular weight is 170 g/mol. The number of carbonyl (C=O) groups is 1. The van der Waals surface area contributed by atoms with Crippen molar-refractivity contribution in [3.8, 4) is 0 Å². The second-order valence-corrected chi connectivity index (χ2v) is 3.49. The first-order valence-corrected chi connectivity index (χ1v) is 4.71. The molecule has 0 aromatic heterocycles. The second kappa shape index (κ2) is 4.45. The van der Waals surface area contributed by atoms with Crippen LogP contribution in [-0.2, 0) is 4.79 Å². The second-order valence-electron chi connectivity index (χ2n) is 3.49. The molecule has 12 heavy (non-hydrogen) atoms. The first-order chi connectivity index (χ1) is 5.77. The van der Waals surface area contributed by atoms with E-state index in [0.717, 1.165) is 32.6 Å². The van der Waals surface area contributed by atoms with Gasteiger partial charge in [0.15, 0.2) is 0 Å². The van der Waals surface area contributed by atoms with Crippen molar-refractivity contribution >= 4 is 6.41 Å². The van der Waals surface area contributed by atoms with E-state index in [4.69, 9.17) is 0 Å². The highest BCUT2D eigenvalue weighted by atomic mass is 16.1. The van der Waals surface area contributed by atoms with Gasteiger partial charge in [0, 0.05) is 25.7 Å². The van der Waals surface area contributed by atoms with Crippen molar-refractivity contribution in [2.75, 3.05) is 26.2 Å². The fraction of sp³-hybridized carbons (Fsp3) is 0.889. The molecule has 0 aromatic carbocycles. The summed E-state index contributed by atoms with van der Waals surface area (Å²) >= 11 is 0. The molecule has 0 aromatic rings. The van der Waals surface area contributed by atoms with Gasteiger partial charge in [0.1, 0.15) is 0 Å².